The summed E-state index contributed by atoms with van der Waals surface area (Å²) < 4.78 is 10.6. The van der Waals surface area contributed by atoms with Crippen LogP contribution in [0.2, 0.25) is 0 Å². The van der Waals surface area contributed by atoms with Gasteiger partial charge >= 0.3 is 0 Å². The number of benzene rings is 1. The molecule has 0 aliphatic carbocycles. The van der Waals surface area contributed by atoms with Gasteiger partial charge in [0.25, 0.3) is 0 Å². The van der Waals surface area contributed by atoms with Crippen LogP contribution in [0.3, 0.4) is 0 Å². The predicted octanol–water partition coefficient (Wildman–Crippen LogP) is 2.08. The first-order valence-corrected chi connectivity index (χ1v) is 6.97. The summed E-state index contributed by atoms with van der Waals surface area (Å²) in [5, 5.41) is 4.02. The third-order valence-electron chi connectivity index (χ3n) is 3.68. The lowest BCUT2D eigenvalue weighted by atomic mass is 10.00. The number of rotatable bonds is 4. The summed E-state index contributed by atoms with van der Waals surface area (Å²) in [5.74, 6) is 2.10. The second kappa shape index (κ2) is 5.55. The Balaban J connectivity index is 1.75. The van der Waals surface area contributed by atoms with E-state index in [1.807, 2.05) is 31.2 Å². The highest BCUT2D eigenvalue weighted by Crippen LogP contribution is 2.31. The van der Waals surface area contributed by atoms with Crippen molar-refractivity contribution in [2.24, 2.45) is 0 Å². The first-order valence-electron chi connectivity index (χ1n) is 6.97. The first kappa shape index (κ1) is 13.6. The zero-order chi connectivity index (χ0) is 14.8. The molecule has 0 atom stereocenters. The second-order valence-electron chi connectivity index (χ2n) is 5.01. The van der Waals surface area contributed by atoms with Crippen LogP contribution in [-0.4, -0.2) is 41.1 Å². The molecule has 0 radical (unpaired) electrons. The minimum atomic E-state index is 0.136. The van der Waals surface area contributed by atoms with Gasteiger partial charge in [-0.2, -0.15) is 4.98 Å². The van der Waals surface area contributed by atoms with Crippen molar-refractivity contribution in [2.75, 3.05) is 20.2 Å². The van der Waals surface area contributed by atoms with Crippen LogP contribution in [0.15, 0.2) is 28.8 Å². The molecule has 0 bridgehead atoms. The Labute approximate surface area is 122 Å². The maximum Gasteiger partial charge on any atom is 0.233 e. The molecular formula is C15H17N3O3. The van der Waals surface area contributed by atoms with Crippen molar-refractivity contribution in [1.82, 2.24) is 15.0 Å². The maximum atomic E-state index is 11.5. The highest BCUT2D eigenvalue weighted by Gasteiger charge is 2.35. The van der Waals surface area contributed by atoms with Crippen LogP contribution in [0.4, 0.5) is 0 Å². The number of likely N-dealkylation sites (tertiary alicyclic amines) is 1. The molecule has 1 aliphatic heterocycles. The topological polar surface area (TPSA) is 68.5 Å². The van der Waals surface area contributed by atoms with Gasteiger partial charge in [-0.3, -0.25) is 4.79 Å². The van der Waals surface area contributed by atoms with E-state index in [1.165, 1.54) is 0 Å². The number of ether oxygens (including phenoxy) is 1. The smallest absolute Gasteiger partial charge is 0.233 e. The summed E-state index contributed by atoms with van der Waals surface area (Å²) in [6.45, 7) is 3.17. The summed E-state index contributed by atoms with van der Waals surface area (Å²) in [7, 11) is 1.61. The highest BCUT2D eigenvalue weighted by molar-refractivity contribution is 5.76. The average molecular weight is 287 g/mol. The number of carbonyl (C=O) groups excluding carboxylic acids is 1. The van der Waals surface area contributed by atoms with E-state index < -0.39 is 0 Å². The SMILES string of the molecule is CCC(=O)N1CC(c2nc(-c3ccccc3OC)no2)C1. The van der Waals surface area contributed by atoms with Crippen LogP contribution in [0.25, 0.3) is 11.4 Å². The number of aromatic nitrogens is 2. The van der Waals surface area contributed by atoms with Gasteiger partial charge in [0.2, 0.25) is 17.6 Å². The van der Waals surface area contributed by atoms with Crippen LogP contribution in [0, 0.1) is 0 Å². The Bertz CT molecular complexity index is 647. The van der Waals surface area contributed by atoms with Gasteiger partial charge in [0.15, 0.2) is 0 Å². The van der Waals surface area contributed by atoms with Gasteiger partial charge in [0.1, 0.15) is 5.75 Å². The number of nitrogens with zero attached hydrogens (tertiary/aromatic N) is 3. The molecule has 2 heterocycles. The Kier molecular flexibility index (Phi) is 3.60. The van der Waals surface area contributed by atoms with E-state index in [1.54, 1.807) is 12.0 Å². The van der Waals surface area contributed by atoms with E-state index >= 15 is 0 Å². The Hall–Kier alpha value is -2.37. The normalized spacial score (nSPS) is 14.9. The number of para-hydroxylation sites is 1. The number of amides is 1. The number of hydrogen-bond acceptors (Lipinski definition) is 5. The Morgan fingerprint density at radius 1 is 1.43 bits per heavy atom. The van der Waals surface area contributed by atoms with Gasteiger partial charge in [0.05, 0.1) is 18.6 Å². The molecule has 0 saturated carbocycles. The van der Waals surface area contributed by atoms with Crippen LogP contribution >= 0.6 is 0 Å². The van der Waals surface area contributed by atoms with E-state index in [9.17, 15) is 4.79 Å². The van der Waals surface area contributed by atoms with Crippen molar-refractivity contribution < 1.29 is 14.1 Å². The molecule has 1 aromatic carbocycles. The molecule has 1 fully saturated rings. The molecule has 1 saturated heterocycles. The molecule has 21 heavy (non-hydrogen) atoms. The van der Waals surface area contributed by atoms with E-state index in [2.05, 4.69) is 10.1 Å². The predicted molar refractivity (Wildman–Crippen MR) is 75.9 cm³/mol. The van der Waals surface area contributed by atoms with Crippen LogP contribution < -0.4 is 4.74 Å². The van der Waals surface area contributed by atoms with Crippen molar-refractivity contribution in [1.29, 1.82) is 0 Å². The number of methoxy groups -OCH3 is 1. The molecule has 1 amide bonds. The summed E-state index contributed by atoms with van der Waals surface area (Å²) >= 11 is 0. The minimum Gasteiger partial charge on any atom is -0.496 e. The maximum absolute atomic E-state index is 11.5. The zero-order valence-electron chi connectivity index (χ0n) is 12.1. The molecule has 1 aromatic heterocycles. The summed E-state index contributed by atoms with van der Waals surface area (Å²) in [5.41, 5.74) is 0.802. The molecule has 6 heteroatoms. The van der Waals surface area contributed by atoms with Crippen molar-refractivity contribution in [3.05, 3.63) is 30.2 Å². The van der Waals surface area contributed by atoms with Gasteiger partial charge in [-0.15, -0.1) is 0 Å². The molecule has 0 unspecified atom stereocenters. The minimum absolute atomic E-state index is 0.136. The van der Waals surface area contributed by atoms with Crippen molar-refractivity contribution in [3.63, 3.8) is 0 Å². The van der Waals surface area contributed by atoms with Crippen LogP contribution in [0.1, 0.15) is 25.2 Å². The van der Waals surface area contributed by atoms with Gasteiger partial charge in [0, 0.05) is 19.5 Å². The zero-order valence-corrected chi connectivity index (χ0v) is 12.1. The van der Waals surface area contributed by atoms with Gasteiger partial charge in [-0.05, 0) is 12.1 Å². The lowest BCUT2D eigenvalue weighted by molar-refractivity contribution is -0.135. The fourth-order valence-corrected chi connectivity index (χ4v) is 2.40. The van der Waals surface area contributed by atoms with Gasteiger partial charge in [-0.1, -0.05) is 24.2 Å². The Morgan fingerprint density at radius 2 is 2.19 bits per heavy atom. The van der Waals surface area contributed by atoms with Crippen molar-refractivity contribution in [3.8, 4) is 17.1 Å². The molecule has 2 aromatic rings. The quantitative estimate of drug-likeness (QED) is 0.861. The van der Waals surface area contributed by atoms with Gasteiger partial charge in [-0.25, -0.2) is 0 Å². The fraction of sp³-hybridized carbons (Fsp3) is 0.400. The summed E-state index contributed by atoms with van der Waals surface area (Å²) in [6, 6.07) is 7.54. The second-order valence-corrected chi connectivity index (χ2v) is 5.01. The lowest BCUT2D eigenvalue weighted by Gasteiger charge is -2.36. The largest absolute Gasteiger partial charge is 0.496 e. The Morgan fingerprint density at radius 3 is 2.90 bits per heavy atom. The molecule has 1 aliphatic rings. The monoisotopic (exact) mass is 287 g/mol. The van der Waals surface area contributed by atoms with E-state index in [4.69, 9.17) is 9.26 Å². The average Bonchev–Trinajstić information content (AvgIpc) is 2.94. The molecular weight excluding hydrogens is 270 g/mol. The van der Waals surface area contributed by atoms with Gasteiger partial charge < -0.3 is 14.2 Å². The third kappa shape index (κ3) is 2.49. The third-order valence-corrected chi connectivity index (χ3v) is 3.68. The van der Waals surface area contributed by atoms with Crippen LogP contribution in [0.5, 0.6) is 5.75 Å². The van der Waals surface area contributed by atoms with Crippen LogP contribution in [-0.2, 0) is 4.79 Å². The van der Waals surface area contributed by atoms with Crippen molar-refractivity contribution >= 4 is 5.91 Å². The number of carbonyl (C=O) groups is 1. The summed E-state index contributed by atoms with van der Waals surface area (Å²) in [6.07, 6.45) is 0.531. The van der Waals surface area contributed by atoms with E-state index in [-0.39, 0.29) is 11.8 Å². The molecule has 0 spiro atoms. The summed E-state index contributed by atoms with van der Waals surface area (Å²) in [4.78, 5) is 17.8. The van der Waals surface area contributed by atoms with E-state index in [0.717, 1.165) is 5.56 Å². The molecule has 0 N–H and O–H groups in total. The molecule has 110 valence electrons. The number of hydrogen-bond donors (Lipinski definition) is 0. The lowest BCUT2D eigenvalue weighted by Crippen LogP contribution is -2.48. The standard InChI is InChI=1S/C15H17N3O3/c1-3-13(19)18-8-10(9-18)15-16-14(17-21-15)11-6-4-5-7-12(11)20-2/h4-7,10H,3,8-9H2,1-2H3. The van der Waals surface area contributed by atoms with E-state index in [0.29, 0.717) is 37.0 Å². The molecule has 6 nitrogen and oxygen atoms in total. The highest BCUT2D eigenvalue weighted by atomic mass is 16.5. The molecule has 3 rings (SSSR count). The first-order chi connectivity index (χ1) is 10.2. The fourth-order valence-electron chi connectivity index (χ4n) is 2.40. The van der Waals surface area contributed by atoms with Crippen molar-refractivity contribution in [2.45, 2.75) is 19.3 Å².